The molecule has 4 nitrogen and oxygen atoms in total. The molecule has 0 bridgehead atoms. The van der Waals surface area contributed by atoms with Crippen LogP contribution >= 0.6 is 0 Å². The van der Waals surface area contributed by atoms with E-state index in [0.29, 0.717) is 19.3 Å². The predicted molar refractivity (Wildman–Crippen MR) is 101 cm³/mol. The Kier molecular flexibility index (Phi) is 5.65. The van der Waals surface area contributed by atoms with Crippen molar-refractivity contribution in [2.24, 2.45) is 0 Å². The lowest BCUT2D eigenvalue weighted by molar-refractivity contribution is -0.0836. The monoisotopic (exact) mass is 353 g/mol. The number of rotatable bonds is 7. The van der Waals surface area contributed by atoms with Crippen LogP contribution in [0.15, 0.2) is 60.7 Å². The minimum atomic E-state index is -0.103. The van der Waals surface area contributed by atoms with Crippen LogP contribution in [0.4, 0.5) is 0 Å². The van der Waals surface area contributed by atoms with Crippen LogP contribution < -0.4 is 0 Å². The molecule has 2 aliphatic rings. The summed E-state index contributed by atoms with van der Waals surface area (Å²) < 4.78 is 12.7. The maximum atomic E-state index is 10.0. The summed E-state index contributed by atoms with van der Waals surface area (Å²) in [7, 11) is 0. The van der Waals surface area contributed by atoms with Crippen molar-refractivity contribution in [2.45, 2.75) is 50.3 Å². The van der Waals surface area contributed by atoms with Crippen molar-refractivity contribution in [1.29, 1.82) is 0 Å². The van der Waals surface area contributed by atoms with Crippen molar-refractivity contribution in [3.8, 4) is 0 Å². The molecule has 2 heterocycles. The largest absolute Gasteiger partial charge is 0.395 e. The molecular weight excluding hydrogens is 326 g/mol. The Bertz CT molecular complexity index is 635. The molecule has 0 aromatic heterocycles. The van der Waals surface area contributed by atoms with Gasteiger partial charge in [-0.3, -0.25) is 4.90 Å². The minimum Gasteiger partial charge on any atom is -0.395 e. The lowest BCUT2D eigenvalue weighted by atomic mass is 10.0. The first-order valence-electron chi connectivity index (χ1n) is 9.54. The molecule has 2 fully saturated rings. The van der Waals surface area contributed by atoms with E-state index in [1.807, 2.05) is 36.4 Å². The number of aliphatic hydroxyl groups excluding tert-OH is 1. The van der Waals surface area contributed by atoms with Gasteiger partial charge in [-0.1, -0.05) is 60.7 Å². The highest BCUT2D eigenvalue weighted by Crippen LogP contribution is 2.37. The number of benzene rings is 2. The molecule has 26 heavy (non-hydrogen) atoms. The van der Waals surface area contributed by atoms with Crippen molar-refractivity contribution in [1.82, 2.24) is 4.90 Å². The Hall–Kier alpha value is -1.72. The molecule has 0 aliphatic carbocycles. The van der Waals surface area contributed by atoms with Crippen LogP contribution in [0.3, 0.4) is 0 Å². The lowest BCUT2D eigenvalue weighted by Gasteiger charge is -2.26. The molecule has 1 N–H and O–H groups in total. The Labute approximate surface area is 155 Å². The van der Waals surface area contributed by atoms with Gasteiger partial charge in [0.05, 0.1) is 25.9 Å². The molecule has 0 amide bonds. The summed E-state index contributed by atoms with van der Waals surface area (Å²) in [4.78, 5) is 2.39. The van der Waals surface area contributed by atoms with Crippen LogP contribution in [0.25, 0.3) is 0 Å². The summed E-state index contributed by atoms with van der Waals surface area (Å²) in [5, 5.41) is 10.0. The van der Waals surface area contributed by atoms with Crippen molar-refractivity contribution in [2.75, 3.05) is 13.2 Å². The van der Waals surface area contributed by atoms with Gasteiger partial charge >= 0.3 is 0 Å². The quantitative estimate of drug-likeness (QED) is 0.831. The summed E-state index contributed by atoms with van der Waals surface area (Å²) >= 11 is 0. The third kappa shape index (κ3) is 3.69. The highest BCUT2D eigenvalue weighted by atomic mass is 16.5. The fraction of sp³-hybridized carbons (Fsp3) is 0.455. The van der Waals surface area contributed by atoms with E-state index in [2.05, 4.69) is 29.2 Å². The van der Waals surface area contributed by atoms with Crippen LogP contribution in [-0.2, 0) is 22.7 Å². The van der Waals surface area contributed by atoms with Crippen LogP contribution in [-0.4, -0.2) is 47.4 Å². The number of ether oxygens (including phenoxy) is 2. The van der Waals surface area contributed by atoms with Gasteiger partial charge in [0.2, 0.25) is 0 Å². The molecular formula is C22H27NO3. The molecule has 4 rings (SSSR count). The molecule has 2 aromatic carbocycles. The van der Waals surface area contributed by atoms with Crippen LogP contribution in [0.5, 0.6) is 0 Å². The van der Waals surface area contributed by atoms with Gasteiger partial charge in [0.25, 0.3) is 0 Å². The summed E-state index contributed by atoms with van der Waals surface area (Å²) in [6.07, 6.45) is 2.17. The van der Waals surface area contributed by atoms with E-state index in [0.717, 1.165) is 24.9 Å². The highest BCUT2D eigenvalue weighted by molar-refractivity contribution is 5.15. The summed E-state index contributed by atoms with van der Waals surface area (Å²) in [6, 6.07) is 20.8. The number of aliphatic hydroxyl groups is 1. The van der Waals surface area contributed by atoms with Gasteiger partial charge in [-0.05, 0) is 30.5 Å². The minimum absolute atomic E-state index is 0.00133. The normalized spacial score (nSPS) is 28.3. The van der Waals surface area contributed by atoms with E-state index >= 15 is 0 Å². The van der Waals surface area contributed by atoms with Gasteiger partial charge in [-0.15, -0.1) is 0 Å². The van der Waals surface area contributed by atoms with Crippen molar-refractivity contribution < 1.29 is 14.6 Å². The predicted octanol–water partition coefficient (Wildman–Crippen LogP) is 3.00. The SMILES string of the molecule is OC[C@H]1[C@@H](OCc2ccccc2)[C@H](OCc2ccccc2)[C@H]2CCCN21. The van der Waals surface area contributed by atoms with Crippen LogP contribution in [0.1, 0.15) is 24.0 Å². The van der Waals surface area contributed by atoms with E-state index in [-0.39, 0.29) is 24.9 Å². The molecule has 4 atom stereocenters. The Morgan fingerprint density at radius 3 is 2.00 bits per heavy atom. The highest BCUT2D eigenvalue weighted by Gasteiger charge is 2.51. The van der Waals surface area contributed by atoms with E-state index in [4.69, 9.17) is 9.47 Å². The fourth-order valence-electron chi connectivity index (χ4n) is 4.36. The second-order valence-corrected chi connectivity index (χ2v) is 7.22. The zero-order valence-corrected chi connectivity index (χ0v) is 15.0. The van der Waals surface area contributed by atoms with Gasteiger partial charge in [-0.2, -0.15) is 0 Å². The summed E-state index contributed by atoms with van der Waals surface area (Å²) in [5.41, 5.74) is 2.32. The molecule has 2 saturated heterocycles. The van der Waals surface area contributed by atoms with Crippen molar-refractivity contribution in [3.63, 3.8) is 0 Å². The Morgan fingerprint density at radius 2 is 1.42 bits per heavy atom. The van der Waals surface area contributed by atoms with Gasteiger partial charge < -0.3 is 14.6 Å². The van der Waals surface area contributed by atoms with Crippen molar-refractivity contribution >= 4 is 0 Å². The fourth-order valence-corrected chi connectivity index (χ4v) is 4.36. The van der Waals surface area contributed by atoms with Gasteiger partial charge in [0.15, 0.2) is 0 Å². The average Bonchev–Trinajstić information content (AvgIpc) is 3.27. The average molecular weight is 353 g/mol. The Balaban J connectivity index is 1.47. The second-order valence-electron chi connectivity index (χ2n) is 7.22. The van der Waals surface area contributed by atoms with Crippen LogP contribution in [0.2, 0.25) is 0 Å². The zero-order valence-electron chi connectivity index (χ0n) is 15.0. The lowest BCUT2D eigenvalue weighted by Crippen LogP contribution is -2.41. The maximum absolute atomic E-state index is 10.0. The molecule has 0 radical (unpaired) electrons. The first-order chi connectivity index (χ1) is 12.9. The molecule has 0 saturated carbocycles. The number of hydrogen-bond acceptors (Lipinski definition) is 4. The maximum Gasteiger partial charge on any atom is 0.103 e. The topological polar surface area (TPSA) is 41.9 Å². The third-order valence-corrected chi connectivity index (χ3v) is 5.61. The van der Waals surface area contributed by atoms with E-state index in [1.54, 1.807) is 0 Å². The standard InChI is InChI=1S/C22H27NO3/c24-14-20-22(26-16-18-10-5-2-6-11-18)21(19-12-7-13-23(19)20)25-15-17-8-3-1-4-9-17/h1-6,8-11,19-22,24H,7,12-16H2/t19-,20+,21-,22-/m1/s1. The first-order valence-corrected chi connectivity index (χ1v) is 9.54. The van der Waals surface area contributed by atoms with Gasteiger partial charge in [0.1, 0.15) is 12.2 Å². The zero-order chi connectivity index (χ0) is 17.8. The number of hydrogen-bond donors (Lipinski definition) is 1. The number of nitrogens with zero attached hydrogens (tertiary/aromatic N) is 1. The molecule has 138 valence electrons. The first kappa shape index (κ1) is 17.7. The molecule has 2 aliphatic heterocycles. The molecule has 4 heteroatoms. The summed E-state index contributed by atoms with van der Waals surface area (Å²) in [6.45, 7) is 2.26. The van der Waals surface area contributed by atoms with Gasteiger partial charge in [-0.25, -0.2) is 0 Å². The summed E-state index contributed by atoms with van der Waals surface area (Å²) in [5.74, 6) is 0. The Morgan fingerprint density at radius 1 is 0.846 bits per heavy atom. The van der Waals surface area contributed by atoms with Gasteiger partial charge in [0, 0.05) is 6.04 Å². The smallest absolute Gasteiger partial charge is 0.103 e. The number of fused-ring (bicyclic) bond motifs is 1. The van der Waals surface area contributed by atoms with E-state index < -0.39 is 0 Å². The van der Waals surface area contributed by atoms with E-state index in [1.165, 1.54) is 5.56 Å². The molecule has 0 unspecified atom stereocenters. The van der Waals surface area contributed by atoms with E-state index in [9.17, 15) is 5.11 Å². The molecule has 0 spiro atoms. The second kappa shape index (κ2) is 8.31. The van der Waals surface area contributed by atoms with Crippen molar-refractivity contribution in [3.05, 3.63) is 71.8 Å². The van der Waals surface area contributed by atoms with Crippen LogP contribution in [0, 0.1) is 0 Å². The third-order valence-electron chi connectivity index (χ3n) is 5.61. The molecule has 2 aromatic rings.